The second kappa shape index (κ2) is 7.55. The first-order chi connectivity index (χ1) is 12.8. The van der Waals surface area contributed by atoms with Crippen LogP contribution in [0.15, 0.2) is 30.3 Å². The van der Waals surface area contributed by atoms with Crippen molar-refractivity contribution in [2.45, 2.75) is 45.3 Å². The molecule has 1 aliphatic heterocycles. The van der Waals surface area contributed by atoms with Crippen LogP contribution in [0, 0.1) is 0 Å². The Kier molecular flexibility index (Phi) is 5.35. The van der Waals surface area contributed by atoms with Crippen LogP contribution in [0.1, 0.15) is 44.0 Å². The molecule has 0 aliphatic carbocycles. The Morgan fingerprint density at radius 3 is 2.56 bits per heavy atom. The summed E-state index contributed by atoms with van der Waals surface area (Å²) in [5.74, 6) is 0.930. The third-order valence-corrected chi connectivity index (χ3v) is 4.85. The Morgan fingerprint density at radius 1 is 1.22 bits per heavy atom. The van der Waals surface area contributed by atoms with E-state index in [1.807, 2.05) is 52.1 Å². The van der Waals surface area contributed by atoms with Crippen molar-refractivity contribution in [3.63, 3.8) is 0 Å². The van der Waals surface area contributed by atoms with Gasteiger partial charge in [-0.15, -0.1) is 0 Å². The number of amides is 1. The molecule has 3 rings (SSSR count). The van der Waals surface area contributed by atoms with Gasteiger partial charge in [0.15, 0.2) is 0 Å². The lowest BCUT2D eigenvalue weighted by Gasteiger charge is -2.37. The summed E-state index contributed by atoms with van der Waals surface area (Å²) >= 11 is 0. The summed E-state index contributed by atoms with van der Waals surface area (Å²) in [6, 6.07) is 9.69. The number of rotatable bonds is 3. The number of anilines is 1. The molecule has 1 fully saturated rings. The fourth-order valence-electron chi connectivity index (χ4n) is 3.35. The molecule has 0 atom stereocenters. The van der Waals surface area contributed by atoms with Crippen LogP contribution < -0.4 is 4.90 Å². The Bertz CT molecular complexity index is 836. The molecule has 1 aliphatic rings. The molecular formula is C21H27N3O3. The standard InChI is InChI=1S/C21H27N3O3/c1-21(2,3)27-20(26)23(4)17-9-11-24(12-10-17)19-8-6-16-13-15(14-25)5-7-18(16)22-19/h5-8,13-14,17H,9-12H2,1-4H3. The fraction of sp³-hybridized carbons (Fsp3) is 0.476. The van der Waals surface area contributed by atoms with Crippen molar-refractivity contribution < 1.29 is 14.3 Å². The topological polar surface area (TPSA) is 62.7 Å². The molecule has 1 aromatic carbocycles. The Labute approximate surface area is 160 Å². The molecule has 0 unspecified atom stereocenters. The van der Waals surface area contributed by atoms with Gasteiger partial charge in [-0.1, -0.05) is 0 Å². The average Bonchev–Trinajstić information content (AvgIpc) is 2.65. The van der Waals surface area contributed by atoms with Crippen LogP contribution in [0.3, 0.4) is 0 Å². The van der Waals surface area contributed by atoms with Gasteiger partial charge in [-0.25, -0.2) is 9.78 Å². The van der Waals surface area contributed by atoms with E-state index in [0.717, 1.165) is 48.9 Å². The van der Waals surface area contributed by atoms with Crippen LogP contribution in [0.25, 0.3) is 10.9 Å². The highest BCUT2D eigenvalue weighted by Gasteiger charge is 2.28. The van der Waals surface area contributed by atoms with Gasteiger partial charge in [-0.05, 0) is 63.9 Å². The van der Waals surface area contributed by atoms with Crippen molar-refractivity contribution in [3.8, 4) is 0 Å². The van der Waals surface area contributed by atoms with Gasteiger partial charge in [0.1, 0.15) is 17.7 Å². The van der Waals surface area contributed by atoms with Crippen LogP contribution in [-0.2, 0) is 4.74 Å². The zero-order chi connectivity index (χ0) is 19.6. The number of aldehydes is 1. The summed E-state index contributed by atoms with van der Waals surface area (Å²) in [4.78, 5) is 31.9. The van der Waals surface area contributed by atoms with E-state index in [-0.39, 0.29) is 12.1 Å². The molecule has 2 aromatic rings. The molecule has 144 valence electrons. The van der Waals surface area contributed by atoms with E-state index >= 15 is 0 Å². The maximum Gasteiger partial charge on any atom is 0.410 e. The first kappa shape index (κ1) is 19.1. The highest BCUT2D eigenvalue weighted by atomic mass is 16.6. The van der Waals surface area contributed by atoms with Gasteiger partial charge in [0.25, 0.3) is 0 Å². The highest BCUT2D eigenvalue weighted by molar-refractivity contribution is 5.87. The molecule has 0 radical (unpaired) electrons. The van der Waals surface area contributed by atoms with Gasteiger partial charge in [-0.2, -0.15) is 0 Å². The SMILES string of the molecule is CN(C(=O)OC(C)(C)C)C1CCN(c2ccc3cc(C=O)ccc3n2)CC1. The molecule has 0 spiro atoms. The van der Waals surface area contributed by atoms with E-state index in [2.05, 4.69) is 4.90 Å². The quantitative estimate of drug-likeness (QED) is 0.768. The van der Waals surface area contributed by atoms with E-state index in [4.69, 9.17) is 9.72 Å². The van der Waals surface area contributed by atoms with E-state index in [1.54, 1.807) is 11.0 Å². The molecule has 2 heterocycles. The minimum Gasteiger partial charge on any atom is -0.444 e. The largest absolute Gasteiger partial charge is 0.444 e. The normalized spacial score (nSPS) is 15.6. The summed E-state index contributed by atoms with van der Waals surface area (Å²) in [5.41, 5.74) is 1.05. The van der Waals surface area contributed by atoms with Gasteiger partial charge in [0, 0.05) is 37.1 Å². The number of aromatic nitrogens is 1. The lowest BCUT2D eigenvalue weighted by atomic mass is 10.0. The van der Waals surface area contributed by atoms with Crippen molar-refractivity contribution in [1.29, 1.82) is 0 Å². The Hall–Kier alpha value is -2.63. The minimum absolute atomic E-state index is 0.173. The highest BCUT2D eigenvalue weighted by Crippen LogP contribution is 2.24. The van der Waals surface area contributed by atoms with Gasteiger partial charge < -0.3 is 14.5 Å². The van der Waals surface area contributed by atoms with E-state index in [1.165, 1.54) is 0 Å². The van der Waals surface area contributed by atoms with E-state index in [9.17, 15) is 9.59 Å². The number of piperidine rings is 1. The lowest BCUT2D eigenvalue weighted by Crippen LogP contribution is -2.47. The molecule has 0 N–H and O–H groups in total. The van der Waals surface area contributed by atoms with E-state index < -0.39 is 5.60 Å². The van der Waals surface area contributed by atoms with Crippen molar-refractivity contribution in [2.24, 2.45) is 0 Å². The Balaban J connectivity index is 1.64. The van der Waals surface area contributed by atoms with Crippen LogP contribution in [-0.4, -0.2) is 54.0 Å². The summed E-state index contributed by atoms with van der Waals surface area (Å²) in [6.45, 7) is 7.31. The average molecular weight is 369 g/mol. The first-order valence-corrected chi connectivity index (χ1v) is 9.33. The monoisotopic (exact) mass is 369 g/mol. The summed E-state index contributed by atoms with van der Waals surface area (Å²) in [7, 11) is 1.81. The van der Waals surface area contributed by atoms with Crippen LogP contribution in [0.2, 0.25) is 0 Å². The second-order valence-electron chi connectivity index (χ2n) is 8.05. The summed E-state index contributed by atoms with van der Waals surface area (Å²) < 4.78 is 5.47. The molecule has 6 heteroatoms. The number of hydrogen-bond donors (Lipinski definition) is 0. The van der Waals surface area contributed by atoms with Crippen LogP contribution in [0.4, 0.5) is 10.6 Å². The number of pyridine rings is 1. The van der Waals surface area contributed by atoms with Crippen molar-refractivity contribution in [3.05, 3.63) is 35.9 Å². The minimum atomic E-state index is -0.481. The molecule has 1 saturated heterocycles. The molecule has 6 nitrogen and oxygen atoms in total. The molecule has 27 heavy (non-hydrogen) atoms. The third kappa shape index (κ3) is 4.56. The smallest absolute Gasteiger partial charge is 0.410 e. The number of hydrogen-bond acceptors (Lipinski definition) is 5. The zero-order valence-corrected chi connectivity index (χ0v) is 16.4. The van der Waals surface area contributed by atoms with E-state index in [0.29, 0.717) is 5.56 Å². The second-order valence-corrected chi connectivity index (χ2v) is 8.05. The maximum atomic E-state index is 12.3. The van der Waals surface area contributed by atoms with Crippen molar-refractivity contribution in [1.82, 2.24) is 9.88 Å². The van der Waals surface area contributed by atoms with Gasteiger partial charge in [0.2, 0.25) is 0 Å². The predicted molar refractivity (Wildman–Crippen MR) is 106 cm³/mol. The number of ether oxygens (including phenoxy) is 1. The van der Waals surface area contributed by atoms with Gasteiger partial charge in [0.05, 0.1) is 5.52 Å². The number of benzene rings is 1. The number of fused-ring (bicyclic) bond motifs is 1. The number of nitrogens with zero attached hydrogens (tertiary/aromatic N) is 3. The van der Waals surface area contributed by atoms with Crippen molar-refractivity contribution in [2.75, 3.05) is 25.0 Å². The summed E-state index contributed by atoms with van der Waals surface area (Å²) in [5, 5.41) is 0.961. The van der Waals surface area contributed by atoms with Crippen molar-refractivity contribution >= 4 is 29.1 Å². The lowest BCUT2D eigenvalue weighted by molar-refractivity contribution is 0.0200. The first-order valence-electron chi connectivity index (χ1n) is 9.33. The molecule has 0 saturated carbocycles. The molecular weight excluding hydrogens is 342 g/mol. The third-order valence-electron chi connectivity index (χ3n) is 4.85. The molecule has 0 bridgehead atoms. The molecule has 1 aromatic heterocycles. The number of carbonyl (C=O) groups is 2. The summed E-state index contributed by atoms with van der Waals surface area (Å²) in [6.07, 6.45) is 2.33. The van der Waals surface area contributed by atoms with Gasteiger partial charge >= 0.3 is 6.09 Å². The predicted octanol–water partition coefficient (Wildman–Crippen LogP) is 3.88. The number of carbonyl (C=O) groups excluding carboxylic acids is 2. The van der Waals surface area contributed by atoms with Crippen LogP contribution in [0.5, 0.6) is 0 Å². The maximum absolute atomic E-state index is 12.3. The Morgan fingerprint density at radius 2 is 1.93 bits per heavy atom. The fourth-order valence-corrected chi connectivity index (χ4v) is 3.35. The van der Waals surface area contributed by atoms with Gasteiger partial charge in [-0.3, -0.25) is 4.79 Å². The molecule has 1 amide bonds. The zero-order valence-electron chi connectivity index (χ0n) is 16.4. The van der Waals surface area contributed by atoms with Crippen LogP contribution >= 0.6 is 0 Å².